The van der Waals surface area contributed by atoms with Gasteiger partial charge in [-0.1, -0.05) is 19.1 Å². The quantitative estimate of drug-likeness (QED) is 0.607. The summed E-state index contributed by atoms with van der Waals surface area (Å²) >= 11 is 0. The van der Waals surface area contributed by atoms with E-state index in [0.717, 1.165) is 12.0 Å². The van der Waals surface area contributed by atoms with Crippen LogP contribution in [0, 0.1) is 23.6 Å². The number of hydrogen-bond donors (Lipinski definition) is 0. The summed E-state index contributed by atoms with van der Waals surface area (Å²) in [7, 11) is 0. The predicted octanol–water partition coefficient (Wildman–Crippen LogP) is 3.03. The molecule has 0 spiro atoms. The van der Waals surface area contributed by atoms with Crippen LogP contribution < -0.4 is 0 Å². The van der Waals surface area contributed by atoms with Crippen molar-refractivity contribution in [3.8, 4) is 11.8 Å². The molecule has 1 unspecified atom stereocenters. The average molecular weight is 176 g/mol. The molecule has 0 aromatic heterocycles. The number of benzene rings is 1. The van der Waals surface area contributed by atoms with Crippen molar-refractivity contribution in [3.05, 3.63) is 35.6 Å². The molecule has 13 heavy (non-hydrogen) atoms. The Morgan fingerprint density at radius 2 is 2.23 bits per heavy atom. The van der Waals surface area contributed by atoms with Crippen LogP contribution in [0.3, 0.4) is 0 Å². The zero-order chi connectivity index (χ0) is 9.68. The lowest BCUT2D eigenvalue weighted by Crippen LogP contribution is -1.96. The molecule has 1 rings (SSSR count). The van der Waals surface area contributed by atoms with Gasteiger partial charge in [0.15, 0.2) is 0 Å². The van der Waals surface area contributed by atoms with Crippen LogP contribution in [0.4, 0.5) is 4.39 Å². The van der Waals surface area contributed by atoms with Gasteiger partial charge in [0.1, 0.15) is 5.82 Å². The molecule has 0 radical (unpaired) electrons. The van der Waals surface area contributed by atoms with Crippen LogP contribution in [0.5, 0.6) is 0 Å². The SMILES string of the molecule is CC#CC(C)Cc1cccc(F)c1. The molecule has 0 amide bonds. The van der Waals surface area contributed by atoms with E-state index in [1.165, 1.54) is 6.07 Å². The van der Waals surface area contributed by atoms with E-state index in [2.05, 4.69) is 11.8 Å². The maximum absolute atomic E-state index is 12.8. The van der Waals surface area contributed by atoms with Gasteiger partial charge in [0.25, 0.3) is 0 Å². The van der Waals surface area contributed by atoms with E-state index >= 15 is 0 Å². The standard InChI is InChI=1S/C12H13F/c1-3-5-10(2)8-11-6-4-7-12(13)9-11/h4,6-7,9-10H,8H2,1-2H3. The molecule has 0 N–H and O–H groups in total. The minimum Gasteiger partial charge on any atom is -0.207 e. The zero-order valence-corrected chi connectivity index (χ0v) is 7.97. The normalized spacial score (nSPS) is 11.6. The minimum atomic E-state index is -0.172. The molecule has 1 aromatic rings. The Bertz CT molecular complexity index is 330. The molecule has 0 aliphatic heterocycles. The zero-order valence-electron chi connectivity index (χ0n) is 7.97. The fraction of sp³-hybridized carbons (Fsp3) is 0.333. The second-order valence-electron chi connectivity index (χ2n) is 3.13. The summed E-state index contributed by atoms with van der Waals surface area (Å²) in [6.07, 6.45) is 0.818. The van der Waals surface area contributed by atoms with Crippen LogP contribution in [-0.2, 0) is 6.42 Å². The first-order valence-corrected chi connectivity index (χ1v) is 4.39. The second-order valence-corrected chi connectivity index (χ2v) is 3.13. The largest absolute Gasteiger partial charge is 0.207 e. The van der Waals surface area contributed by atoms with Gasteiger partial charge >= 0.3 is 0 Å². The highest BCUT2D eigenvalue weighted by molar-refractivity contribution is 5.18. The number of hydrogen-bond acceptors (Lipinski definition) is 0. The van der Waals surface area contributed by atoms with Crippen LogP contribution in [0.15, 0.2) is 24.3 Å². The first-order valence-electron chi connectivity index (χ1n) is 4.39. The van der Waals surface area contributed by atoms with E-state index in [1.54, 1.807) is 12.1 Å². The summed E-state index contributed by atoms with van der Waals surface area (Å²) in [5.74, 6) is 6.03. The second kappa shape index (κ2) is 4.67. The van der Waals surface area contributed by atoms with Gasteiger partial charge in [0, 0.05) is 5.92 Å². The molecule has 0 aliphatic rings. The Morgan fingerprint density at radius 3 is 2.85 bits per heavy atom. The molecule has 0 fully saturated rings. The third-order valence-corrected chi connectivity index (χ3v) is 1.82. The van der Waals surface area contributed by atoms with Crippen LogP contribution in [0.1, 0.15) is 19.4 Å². The van der Waals surface area contributed by atoms with Gasteiger partial charge < -0.3 is 0 Å². The predicted molar refractivity (Wildman–Crippen MR) is 52.7 cm³/mol. The van der Waals surface area contributed by atoms with Crippen LogP contribution in [0.25, 0.3) is 0 Å². The van der Waals surface area contributed by atoms with Crippen molar-refractivity contribution in [3.63, 3.8) is 0 Å². The molecule has 68 valence electrons. The molecule has 1 atom stereocenters. The molecule has 0 aliphatic carbocycles. The Kier molecular flexibility index (Phi) is 3.52. The van der Waals surface area contributed by atoms with Gasteiger partial charge in [0.05, 0.1) is 0 Å². The Labute approximate surface area is 78.8 Å². The van der Waals surface area contributed by atoms with Crippen LogP contribution in [-0.4, -0.2) is 0 Å². The molecule has 0 saturated carbocycles. The van der Waals surface area contributed by atoms with Gasteiger partial charge in [-0.25, -0.2) is 4.39 Å². The van der Waals surface area contributed by atoms with E-state index < -0.39 is 0 Å². The lowest BCUT2D eigenvalue weighted by atomic mass is 10.0. The smallest absolute Gasteiger partial charge is 0.123 e. The van der Waals surface area contributed by atoms with Gasteiger partial charge in [0.2, 0.25) is 0 Å². The monoisotopic (exact) mass is 176 g/mol. The van der Waals surface area contributed by atoms with Crippen molar-refractivity contribution < 1.29 is 4.39 Å². The molecule has 0 bridgehead atoms. The van der Waals surface area contributed by atoms with Gasteiger partial charge in [-0.05, 0) is 31.0 Å². The minimum absolute atomic E-state index is 0.172. The van der Waals surface area contributed by atoms with E-state index in [9.17, 15) is 4.39 Å². The third-order valence-electron chi connectivity index (χ3n) is 1.82. The fourth-order valence-corrected chi connectivity index (χ4v) is 1.31. The lowest BCUT2D eigenvalue weighted by molar-refractivity contribution is 0.622. The molecule has 0 saturated heterocycles. The van der Waals surface area contributed by atoms with E-state index in [1.807, 2.05) is 19.9 Å². The Morgan fingerprint density at radius 1 is 1.46 bits per heavy atom. The topological polar surface area (TPSA) is 0 Å². The molecule has 0 nitrogen and oxygen atoms in total. The van der Waals surface area contributed by atoms with E-state index in [-0.39, 0.29) is 5.82 Å². The summed E-state index contributed by atoms with van der Waals surface area (Å²) in [6.45, 7) is 3.86. The van der Waals surface area contributed by atoms with Crippen LogP contribution >= 0.6 is 0 Å². The number of rotatable bonds is 2. The Hall–Kier alpha value is -1.29. The highest BCUT2D eigenvalue weighted by atomic mass is 19.1. The van der Waals surface area contributed by atoms with Crippen molar-refractivity contribution in [2.45, 2.75) is 20.3 Å². The maximum atomic E-state index is 12.8. The molecular formula is C12H13F. The Balaban J connectivity index is 2.67. The van der Waals surface area contributed by atoms with Crippen molar-refractivity contribution in [2.24, 2.45) is 5.92 Å². The van der Waals surface area contributed by atoms with Gasteiger partial charge in [-0.3, -0.25) is 0 Å². The van der Waals surface area contributed by atoms with Crippen molar-refractivity contribution in [2.75, 3.05) is 0 Å². The third kappa shape index (κ3) is 3.29. The highest BCUT2D eigenvalue weighted by Gasteiger charge is 2.00. The molecular weight excluding hydrogens is 163 g/mol. The summed E-state index contributed by atoms with van der Waals surface area (Å²) in [6, 6.07) is 6.68. The molecule has 0 heterocycles. The van der Waals surface area contributed by atoms with Gasteiger partial charge in [-0.2, -0.15) is 0 Å². The summed E-state index contributed by atoms with van der Waals surface area (Å²) in [5.41, 5.74) is 1.01. The first-order chi connectivity index (χ1) is 6.22. The van der Waals surface area contributed by atoms with Crippen molar-refractivity contribution >= 4 is 0 Å². The maximum Gasteiger partial charge on any atom is 0.123 e. The van der Waals surface area contributed by atoms with Gasteiger partial charge in [-0.15, -0.1) is 11.8 Å². The van der Waals surface area contributed by atoms with Crippen molar-refractivity contribution in [1.29, 1.82) is 0 Å². The molecule has 1 heteroatoms. The van der Waals surface area contributed by atoms with Crippen molar-refractivity contribution in [1.82, 2.24) is 0 Å². The lowest BCUT2D eigenvalue weighted by Gasteiger charge is -2.03. The summed E-state index contributed by atoms with van der Waals surface area (Å²) in [5, 5.41) is 0. The number of halogens is 1. The first kappa shape index (κ1) is 9.80. The van der Waals surface area contributed by atoms with E-state index in [4.69, 9.17) is 0 Å². The molecule has 1 aromatic carbocycles. The summed E-state index contributed by atoms with van der Waals surface area (Å²) < 4.78 is 12.8. The summed E-state index contributed by atoms with van der Waals surface area (Å²) in [4.78, 5) is 0. The van der Waals surface area contributed by atoms with Crippen LogP contribution in [0.2, 0.25) is 0 Å². The fourth-order valence-electron chi connectivity index (χ4n) is 1.31. The average Bonchev–Trinajstić information content (AvgIpc) is 2.04. The highest BCUT2D eigenvalue weighted by Crippen LogP contribution is 2.09. The van der Waals surface area contributed by atoms with E-state index in [0.29, 0.717) is 5.92 Å².